The summed E-state index contributed by atoms with van der Waals surface area (Å²) in [5, 5.41) is 9.49. The van der Waals surface area contributed by atoms with Gasteiger partial charge in [-0.3, -0.25) is 0 Å². The van der Waals surface area contributed by atoms with Crippen molar-refractivity contribution in [2.75, 3.05) is 5.32 Å². The van der Waals surface area contributed by atoms with Crippen LogP contribution in [-0.2, 0) is 6.42 Å². The van der Waals surface area contributed by atoms with Crippen LogP contribution in [0.15, 0.2) is 39.5 Å². The Hall–Kier alpha value is -1.82. The van der Waals surface area contributed by atoms with E-state index in [-0.39, 0.29) is 6.04 Å². The zero-order valence-corrected chi connectivity index (χ0v) is 21.9. The highest BCUT2D eigenvalue weighted by Crippen LogP contribution is 2.28. The van der Waals surface area contributed by atoms with E-state index in [0.29, 0.717) is 26.7 Å². The SMILES string of the molecule is CCCC.CCCc1cn(-c2nc(C)nc(NC3C=C(Cl)C=C(Cl)C=C3Cl)c2C)nc1C. The summed E-state index contributed by atoms with van der Waals surface area (Å²) in [6.07, 6.45) is 11.8. The lowest BCUT2D eigenvalue weighted by Crippen LogP contribution is -2.20. The van der Waals surface area contributed by atoms with Crippen LogP contribution in [0.1, 0.15) is 62.7 Å². The van der Waals surface area contributed by atoms with Crippen molar-refractivity contribution in [3.05, 3.63) is 62.2 Å². The molecule has 0 aromatic carbocycles. The molecule has 5 nitrogen and oxygen atoms in total. The van der Waals surface area contributed by atoms with Gasteiger partial charge in [0.05, 0.1) is 11.7 Å². The lowest BCUT2D eigenvalue weighted by molar-refractivity contribution is 0.805. The van der Waals surface area contributed by atoms with E-state index < -0.39 is 0 Å². The normalized spacial score (nSPS) is 15.8. The molecule has 0 saturated heterocycles. The number of hydrogen-bond acceptors (Lipinski definition) is 4. The van der Waals surface area contributed by atoms with Crippen molar-refractivity contribution in [3.8, 4) is 5.82 Å². The highest BCUT2D eigenvalue weighted by atomic mass is 35.5. The molecule has 1 aliphatic rings. The van der Waals surface area contributed by atoms with E-state index in [1.165, 1.54) is 18.4 Å². The minimum atomic E-state index is -0.350. The van der Waals surface area contributed by atoms with Crippen molar-refractivity contribution < 1.29 is 0 Å². The van der Waals surface area contributed by atoms with Crippen molar-refractivity contribution in [2.45, 2.75) is 73.3 Å². The fourth-order valence-electron chi connectivity index (χ4n) is 3.04. The molecule has 32 heavy (non-hydrogen) atoms. The number of hydrogen-bond donors (Lipinski definition) is 1. The van der Waals surface area contributed by atoms with Crippen LogP contribution < -0.4 is 5.32 Å². The van der Waals surface area contributed by atoms with Gasteiger partial charge in [0.1, 0.15) is 11.6 Å². The first-order valence-electron chi connectivity index (χ1n) is 11.0. The Morgan fingerprint density at radius 3 is 2.25 bits per heavy atom. The third-order valence-corrected chi connectivity index (χ3v) is 5.73. The number of halogens is 3. The summed E-state index contributed by atoms with van der Waals surface area (Å²) in [6, 6.07) is -0.350. The van der Waals surface area contributed by atoms with Gasteiger partial charge >= 0.3 is 0 Å². The molecule has 2 heterocycles. The molecule has 2 aromatic heterocycles. The predicted molar refractivity (Wildman–Crippen MR) is 137 cm³/mol. The number of allylic oxidation sites excluding steroid dienone is 4. The number of anilines is 1. The molecule has 0 radical (unpaired) electrons. The molecule has 0 amide bonds. The Morgan fingerprint density at radius 2 is 1.62 bits per heavy atom. The van der Waals surface area contributed by atoms with E-state index in [1.54, 1.807) is 18.2 Å². The molecular weight excluding hydrogens is 465 g/mol. The maximum Gasteiger partial charge on any atom is 0.162 e. The highest BCUT2D eigenvalue weighted by Gasteiger charge is 2.19. The number of nitrogens with one attached hydrogen (secondary N) is 1. The molecule has 1 N–H and O–H groups in total. The summed E-state index contributed by atoms with van der Waals surface area (Å²) in [7, 11) is 0. The average molecular weight is 497 g/mol. The van der Waals surface area contributed by atoms with E-state index in [4.69, 9.17) is 34.8 Å². The molecule has 1 atom stereocenters. The molecule has 174 valence electrons. The van der Waals surface area contributed by atoms with Gasteiger partial charge in [0.25, 0.3) is 0 Å². The molecule has 0 saturated carbocycles. The average Bonchev–Trinajstić information content (AvgIpc) is 3.04. The van der Waals surface area contributed by atoms with E-state index in [9.17, 15) is 0 Å². The summed E-state index contributed by atoms with van der Waals surface area (Å²) >= 11 is 18.7. The van der Waals surface area contributed by atoms with Crippen LogP contribution in [0.5, 0.6) is 0 Å². The third-order valence-electron chi connectivity index (χ3n) is 4.94. The third kappa shape index (κ3) is 7.09. The number of rotatable bonds is 6. The number of aryl methyl sites for hydroxylation is 3. The van der Waals surface area contributed by atoms with Crippen LogP contribution in [0.4, 0.5) is 5.82 Å². The fraction of sp³-hybridized carbons (Fsp3) is 0.458. The first kappa shape index (κ1) is 26.4. The van der Waals surface area contributed by atoms with Crippen molar-refractivity contribution in [1.29, 1.82) is 0 Å². The van der Waals surface area contributed by atoms with E-state index in [1.807, 2.05) is 31.6 Å². The lowest BCUT2D eigenvalue weighted by Gasteiger charge is -2.18. The molecule has 2 aromatic rings. The minimum Gasteiger partial charge on any atom is -0.358 e. The van der Waals surface area contributed by atoms with Gasteiger partial charge in [-0.05, 0) is 51.0 Å². The first-order chi connectivity index (χ1) is 15.2. The van der Waals surface area contributed by atoms with Gasteiger partial charge in [0.15, 0.2) is 5.82 Å². The van der Waals surface area contributed by atoms with Gasteiger partial charge in [-0.15, -0.1) is 0 Å². The molecule has 8 heteroatoms. The van der Waals surface area contributed by atoms with Crippen molar-refractivity contribution in [1.82, 2.24) is 19.7 Å². The second kappa shape index (κ2) is 12.4. The van der Waals surface area contributed by atoms with Gasteiger partial charge in [-0.25, -0.2) is 14.6 Å². The van der Waals surface area contributed by atoms with E-state index in [0.717, 1.165) is 29.9 Å². The minimum absolute atomic E-state index is 0.350. The monoisotopic (exact) mass is 495 g/mol. The standard InChI is InChI=1S/C20H22Cl3N5.C4H10/c1-5-6-14-10-28(27-12(14)3)20-11(2)19(24-13(4)25-20)26-18-9-16(22)7-15(21)8-17(18)23;1-3-4-2/h7-10,18H,5-6H2,1-4H3,(H,24,25,26);3-4H2,1-2H3. The fourth-order valence-corrected chi connectivity index (χ4v) is 3.86. The Kier molecular flexibility index (Phi) is 10.3. The van der Waals surface area contributed by atoms with Crippen molar-refractivity contribution in [2.24, 2.45) is 0 Å². The van der Waals surface area contributed by atoms with Crippen molar-refractivity contribution in [3.63, 3.8) is 0 Å². The second-order valence-corrected chi connectivity index (χ2v) is 9.04. The van der Waals surface area contributed by atoms with E-state index in [2.05, 4.69) is 41.2 Å². The highest BCUT2D eigenvalue weighted by molar-refractivity contribution is 6.38. The van der Waals surface area contributed by atoms with Crippen LogP contribution in [0.25, 0.3) is 5.82 Å². The molecule has 0 bridgehead atoms. The van der Waals surface area contributed by atoms with Gasteiger partial charge < -0.3 is 5.32 Å². The molecule has 0 fully saturated rings. The van der Waals surface area contributed by atoms with Crippen molar-refractivity contribution >= 4 is 40.6 Å². The second-order valence-electron chi connectivity index (χ2n) is 7.73. The maximum absolute atomic E-state index is 6.41. The molecular formula is C24H32Cl3N5. The summed E-state index contributed by atoms with van der Waals surface area (Å²) in [4.78, 5) is 9.16. The zero-order chi connectivity index (χ0) is 23.8. The summed E-state index contributed by atoms with van der Waals surface area (Å²) < 4.78 is 1.82. The maximum atomic E-state index is 6.41. The van der Waals surface area contributed by atoms with Gasteiger partial charge in [0, 0.05) is 26.9 Å². The van der Waals surface area contributed by atoms with E-state index >= 15 is 0 Å². The number of nitrogens with zero attached hydrogens (tertiary/aromatic N) is 4. The van der Waals surface area contributed by atoms with Gasteiger partial charge in [-0.1, -0.05) is 74.8 Å². The topological polar surface area (TPSA) is 55.6 Å². The van der Waals surface area contributed by atoms with Crippen LogP contribution in [0.3, 0.4) is 0 Å². The predicted octanol–water partition coefficient (Wildman–Crippen LogP) is 7.51. The Bertz CT molecular complexity index is 1020. The van der Waals surface area contributed by atoms with Crippen LogP contribution >= 0.6 is 34.8 Å². The summed E-state index contributed by atoms with van der Waals surface area (Å²) in [5.41, 5.74) is 3.10. The summed E-state index contributed by atoms with van der Waals surface area (Å²) in [5.74, 6) is 2.04. The molecule has 1 unspecified atom stereocenters. The largest absolute Gasteiger partial charge is 0.358 e. The van der Waals surface area contributed by atoms with Gasteiger partial charge in [0.2, 0.25) is 0 Å². The number of unbranched alkanes of at least 4 members (excludes halogenated alkanes) is 1. The lowest BCUT2D eigenvalue weighted by atomic mass is 10.1. The number of aromatic nitrogens is 4. The molecule has 0 aliphatic heterocycles. The molecule has 0 spiro atoms. The zero-order valence-electron chi connectivity index (χ0n) is 19.6. The molecule has 3 rings (SSSR count). The quantitative estimate of drug-likeness (QED) is 0.449. The Labute approximate surface area is 206 Å². The summed E-state index contributed by atoms with van der Waals surface area (Å²) in [6.45, 7) is 12.3. The first-order valence-corrected chi connectivity index (χ1v) is 12.1. The smallest absolute Gasteiger partial charge is 0.162 e. The van der Waals surface area contributed by atoms with Crippen LogP contribution in [0, 0.1) is 20.8 Å². The Morgan fingerprint density at radius 1 is 0.938 bits per heavy atom. The Balaban J connectivity index is 0.000000837. The van der Waals surface area contributed by atoms with Crippen LogP contribution in [-0.4, -0.2) is 25.8 Å². The van der Waals surface area contributed by atoms with Crippen LogP contribution in [0.2, 0.25) is 0 Å². The molecule has 1 aliphatic carbocycles. The van der Waals surface area contributed by atoms with Gasteiger partial charge in [-0.2, -0.15) is 5.10 Å².